The molecule has 1 fully saturated rings. The van der Waals surface area contributed by atoms with E-state index in [1.807, 2.05) is 33.1 Å². The van der Waals surface area contributed by atoms with Crippen LogP contribution in [0.2, 0.25) is 0 Å². The maximum Gasteiger partial charge on any atom is 0.317 e. The van der Waals surface area contributed by atoms with E-state index in [1.54, 1.807) is 34.0 Å². The van der Waals surface area contributed by atoms with Crippen LogP contribution in [0.15, 0.2) is 29.5 Å². The Kier molecular flexibility index (Phi) is 9.42. The van der Waals surface area contributed by atoms with E-state index in [0.717, 1.165) is 5.70 Å². The number of carbonyl (C=O) groups is 1. The van der Waals surface area contributed by atoms with Crippen LogP contribution in [-0.4, -0.2) is 100.0 Å². The predicted octanol–water partition coefficient (Wildman–Crippen LogP) is 0.701. The van der Waals surface area contributed by atoms with Crippen LogP contribution in [0.4, 0.5) is 4.79 Å². The highest BCUT2D eigenvalue weighted by Gasteiger charge is 2.39. The van der Waals surface area contributed by atoms with E-state index in [4.69, 9.17) is 0 Å². The van der Waals surface area contributed by atoms with Gasteiger partial charge in [-0.3, -0.25) is 0 Å². The van der Waals surface area contributed by atoms with Gasteiger partial charge in [0.25, 0.3) is 0 Å². The Morgan fingerprint density at radius 2 is 2.00 bits per heavy atom. The summed E-state index contributed by atoms with van der Waals surface area (Å²) >= 11 is 0. The molecule has 10 heteroatoms. The lowest BCUT2D eigenvalue weighted by Crippen LogP contribution is -2.51. The molecule has 1 N–H and O–H groups in total. The first kappa shape index (κ1) is 25.2. The predicted molar refractivity (Wildman–Crippen MR) is 117 cm³/mol. The summed E-state index contributed by atoms with van der Waals surface area (Å²) in [5.41, 5.74) is 0.856. The minimum Gasteiger partial charge on any atom is -0.378 e. The molecular weight excluding hydrogens is 416 g/mol. The van der Waals surface area contributed by atoms with Crippen LogP contribution in [0.1, 0.15) is 12.8 Å². The highest BCUT2D eigenvalue weighted by molar-refractivity contribution is 7.93. The summed E-state index contributed by atoms with van der Waals surface area (Å²) in [6.45, 7) is 1.88. The van der Waals surface area contributed by atoms with Crippen LogP contribution in [0.25, 0.3) is 0 Å². The summed E-state index contributed by atoms with van der Waals surface area (Å²) in [7, 11) is 3.80. The van der Waals surface area contributed by atoms with Gasteiger partial charge in [0.1, 0.15) is 11.2 Å². The summed E-state index contributed by atoms with van der Waals surface area (Å²) in [6.07, 6.45) is 5.90. The van der Waals surface area contributed by atoms with Gasteiger partial charge < -0.3 is 20.0 Å². The Morgan fingerprint density at radius 3 is 2.59 bits per heavy atom. The third kappa shape index (κ3) is 6.34. The Bertz CT molecular complexity index is 801. The molecule has 8 nitrogen and oxygen atoms in total. The van der Waals surface area contributed by atoms with Gasteiger partial charge >= 0.3 is 6.03 Å². The van der Waals surface area contributed by atoms with Gasteiger partial charge in [-0.1, -0.05) is 6.08 Å². The maximum atomic E-state index is 13.2. The zero-order valence-corrected chi connectivity index (χ0v) is 19.1. The number of piperidine rings is 1. The van der Waals surface area contributed by atoms with Crippen molar-refractivity contribution in [1.29, 1.82) is 0 Å². The second kappa shape index (κ2) is 10.8. The fourth-order valence-electron chi connectivity index (χ4n) is 3.33. The monoisotopic (exact) mass is 446 g/mol. The van der Waals surface area contributed by atoms with Crippen LogP contribution in [0, 0.1) is 0 Å². The number of halogens is 1. The van der Waals surface area contributed by atoms with Crippen molar-refractivity contribution >= 4 is 34.2 Å². The Hall–Kier alpha value is -1.80. The van der Waals surface area contributed by atoms with Crippen molar-refractivity contribution < 1.29 is 18.0 Å². The fraction of sp³-hybridized carbons (Fsp3) is 0.632. The van der Waals surface area contributed by atoms with Crippen molar-refractivity contribution in [2.24, 2.45) is 0 Å². The molecule has 1 aliphatic heterocycles. The first-order chi connectivity index (χ1) is 13.2. The first-order valence-corrected chi connectivity index (χ1v) is 11.0. The summed E-state index contributed by atoms with van der Waals surface area (Å²) in [5, 5.41) is 1.11. The topological polar surface area (TPSA) is 90.0 Å². The lowest BCUT2D eigenvalue weighted by atomic mass is 10.1. The maximum absolute atomic E-state index is 13.2. The average Bonchev–Trinajstić information content (AvgIpc) is 2.67. The Morgan fingerprint density at radius 1 is 1.31 bits per heavy atom. The van der Waals surface area contributed by atoms with E-state index in [2.05, 4.69) is 5.32 Å². The Balaban J connectivity index is 0.00000420. The molecule has 0 aromatic rings. The zero-order chi connectivity index (χ0) is 20.9. The molecule has 0 aromatic carbocycles. The minimum absolute atomic E-state index is 0. The number of allylic oxidation sites excluding steroid dienone is 2. The number of sulfone groups is 1. The number of carbonyl (C=O) groups excluding carboxylic acids is 2. The van der Waals surface area contributed by atoms with Crippen LogP contribution >= 0.6 is 12.4 Å². The van der Waals surface area contributed by atoms with Gasteiger partial charge in [-0.05, 0) is 39.1 Å². The van der Waals surface area contributed by atoms with Crippen LogP contribution in [-0.2, 0) is 14.6 Å². The van der Waals surface area contributed by atoms with E-state index in [1.165, 1.54) is 0 Å². The molecule has 0 spiro atoms. The molecule has 1 heterocycles. The van der Waals surface area contributed by atoms with E-state index in [9.17, 15) is 18.0 Å². The lowest BCUT2D eigenvalue weighted by molar-refractivity contribution is 0.186. The molecule has 0 saturated carbocycles. The van der Waals surface area contributed by atoms with Gasteiger partial charge in [-0.2, -0.15) is 0 Å². The van der Waals surface area contributed by atoms with Gasteiger partial charge in [-0.15, -0.1) is 12.4 Å². The summed E-state index contributed by atoms with van der Waals surface area (Å²) in [6, 6.07) is -0.248. The summed E-state index contributed by atoms with van der Waals surface area (Å²) < 4.78 is 26.4. The van der Waals surface area contributed by atoms with E-state index in [0.29, 0.717) is 32.5 Å². The number of hydrogen-bond donors (Lipinski definition) is 1. The Labute approximate surface area is 179 Å². The molecular formula is C19H31ClN4O4S. The molecule has 0 aromatic heterocycles. The van der Waals surface area contributed by atoms with Crippen LogP contribution < -0.4 is 5.32 Å². The largest absolute Gasteiger partial charge is 0.378 e. The van der Waals surface area contributed by atoms with Crippen molar-refractivity contribution in [3.63, 3.8) is 0 Å². The number of likely N-dealkylation sites (N-methyl/N-ethyl adjacent to an activating group) is 2. The SMILES string of the molecule is CN(C)CCNC(=O)N1CCCC(S(=O)(=O)C2C=CC(N(C)C)=CC2=C=O)C1.Cl. The second-order valence-corrected chi connectivity index (χ2v) is 9.99. The molecule has 2 unspecified atom stereocenters. The van der Waals surface area contributed by atoms with E-state index < -0.39 is 20.3 Å². The van der Waals surface area contributed by atoms with Gasteiger partial charge in [0, 0.05) is 46.0 Å². The molecule has 29 heavy (non-hydrogen) atoms. The standard InChI is InChI=1S/C19H30N4O4S.ClH/c1-21(2)11-9-20-19(25)23-10-5-6-17(13-23)28(26,27)18-8-7-16(22(3)4)12-15(18)14-24;/h7-8,12,17-18H,5-6,9-11,13H2,1-4H3,(H,20,25);1H. The molecule has 2 atom stereocenters. The molecule has 2 amide bonds. The smallest absolute Gasteiger partial charge is 0.317 e. The van der Waals surface area contributed by atoms with Crippen molar-refractivity contribution in [2.45, 2.75) is 23.3 Å². The third-order valence-corrected chi connectivity index (χ3v) is 7.44. The molecule has 2 rings (SSSR count). The highest BCUT2D eigenvalue weighted by atomic mass is 35.5. The number of amides is 2. The highest BCUT2D eigenvalue weighted by Crippen LogP contribution is 2.28. The second-order valence-electron chi connectivity index (χ2n) is 7.64. The summed E-state index contributed by atoms with van der Waals surface area (Å²) in [4.78, 5) is 29.1. The van der Waals surface area contributed by atoms with Gasteiger partial charge in [0.05, 0.1) is 10.8 Å². The van der Waals surface area contributed by atoms with Crippen molar-refractivity contribution in [3.8, 4) is 0 Å². The number of likely N-dealkylation sites (tertiary alicyclic amines) is 1. The fourth-order valence-corrected chi connectivity index (χ4v) is 5.39. The number of rotatable bonds is 6. The number of urea groups is 1. The number of hydrogen-bond acceptors (Lipinski definition) is 6. The van der Waals surface area contributed by atoms with Crippen molar-refractivity contribution in [1.82, 2.24) is 20.0 Å². The van der Waals surface area contributed by atoms with Gasteiger partial charge in [-0.25, -0.2) is 18.0 Å². The average molecular weight is 447 g/mol. The zero-order valence-electron chi connectivity index (χ0n) is 17.4. The molecule has 0 radical (unpaired) electrons. The van der Waals surface area contributed by atoms with Gasteiger partial charge in [0.2, 0.25) is 0 Å². The quantitative estimate of drug-likeness (QED) is 0.604. The summed E-state index contributed by atoms with van der Waals surface area (Å²) in [5.74, 6) is 1.79. The van der Waals surface area contributed by atoms with E-state index in [-0.39, 0.29) is 30.6 Å². The molecule has 0 bridgehead atoms. The number of nitrogens with zero attached hydrogens (tertiary/aromatic N) is 3. The molecule has 2 aliphatic rings. The number of nitrogens with one attached hydrogen (secondary N) is 1. The normalized spacial score (nSPS) is 21.9. The first-order valence-electron chi connectivity index (χ1n) is 9.39. The molecule has 164 valence electrons. The molecule has 1 aliphatic carbocycles. The van der Waals surface area contributed by atoms with Gasteiger partial charge in [0.15, 0.2) is 9.84 Å². The van der Waals surface area contributed by atoms with Crippen molar-refractivity contribution in [2.75, 3.05) is 54.4 Å². The molecule has 1 saturated heterocycles. The lowest BCUT2D eigenvalue weighted by Gasteiger charge is -2.34. The van der Waals surface area contributed by atoms with Crippen LogP contribution in [0.5, 0.6) is 0 Å². The third-order valence-electron chi connectivity index (χ3n) is 5.01. The van der Waals surface area contributed by atoms with Crippen molar-refractivity contribution in [3.05, 3.63) is 29.5 Å². The minimum atomic E-state index is -3.68. The van der Waals surface area contributed by atoms with Crippen LogP contribution in [0.3, 0.4) is 0 Å². The van der Waals surface area contributed by atoms with E-state index >= 15 is 0 Å².